The molecule has 0 unspecified atom stereocenters. The molecule has 0 saturated heterocycles. The number of alkyl halides is 2. The smallest absolute Gasteiger partial charge is 0.387 e. The highest BCUT2D eigenvalue weighted by atomic mass is 32.1. The van der Waals surface area contributed by atoms with Gasteiger partial charge >= 0.3 is 18.6 Å². The molecular weight excluding hydrogens is 432 g/mol. The Balaban J connectivity index is 1.90. The maximum Gasteiger partial charge on any atom is 0.387 e. The lowest BCUT2D eigenvalue weighted by molar-refractivity contribution is -0.142. The number of anilines is 1. The minimum Gasteiger partial charge on any atom is -0.462 e. The molecule has 2 aromatic rings. The first kappa shape index (κ1) is 24.0. The SMILES string of the molecule is CCOC(=O)c1c(NC(=O)COC(=O)/C=C/c2ccc(OC(F)F)cc2)sc(C)c1C. The Hall–Kier alpha value is -3.27. The number of rotatable bonds is 9. The van der Waals surface area contributed by atoms with Gasteiger partial charge in [0.05, 0.1) is 12.2 Å². The van der Waals surface area contributed by atoms with Gasteiger partial charge in [-0.05, 0) is 50.1 Å². The van der Waals surface area contributed by atoms with E-state index in [4.69, 9.17) is 9.47 Å². The topological polar surface area (TPSA) is 90.9 Å². The van der Waals surface area contributed by atoms with Crippen molar-refractivity contribution in [1.82, 2.24) is 0 Å². The quantitative estimate of drug-likeness (QED) is 0.449. The molecule has 0 radical (unpaired) electrons. The van der Waals surface area contributed by atoms with Crippen LogP contribution in [0, 0.1) is 13.8 Å². The minimum absolute atomic E-state index is 0.00682. The Morgan fingerprint density at radius 1 is 1.13 bits per heavy atom. The van der Waals surface area contributed by atoms with Crippen molar-refractivity contribution in [3.8, 4) is 5.75 Å². The van der Waals surface area contributed by atoms with Crippen molar-refractivity contribution in [2.75, 3.05) is 18.5 Å². The second-order valence-corrected chi connectivity index (χ2v) is 7.37. The van der Waals surface area contributed by atoms with Crippen LogP contribution in [-0.4, -0.2) is 37.7 Å². The number of hydrogen-bond donors (Lipinski definition) is 1. The highest BCUT2D eigenvalue weighted by Gasteiger charge is 2.22. The van der Waals surface area contributed by atoms with Crippen LogP contribution in [-0.2, 0) is 19.1 Å². The van der Waals surface area contributed by atoms with E-state index in [1.54, 1.807) is 13.8 Å². The molecule has 0 spiro atoms. The first-order valence-electron chi connectivity index (χ1n) is 9.18. The van der Waals surface area contributed by atoms with Crippen LogP contribution in [0.2, 0.25) is 0 Å². The van der Waals surface area contributed by atoms with E-state index in [1.807, 2.05) is 6.92 Å². The summed E-state index contributed by atoms with van der Waals surface area (Å²) in [6, 6.07) is 5.62. The Bertz CT molecular complexity index is 969. The standard InChI is InChI=1S/C21H21F2NO6S/c1-4-28-20(27)18-12(2)13(3)31-19(18)24-16(25)11-29-17(26)10-7-14-5-8-15(9-6-14)30-21(22)23/h5-10,21H,4,11H2,1-3H3,(H,24,25)/b10-7+. The van der Waals surface area contributed by atoms with E-state index in [0.717, 1.165) is 11.0 Å². The normalized spacial score (nSPS) is 10.9. The average molecular weight is 453 g/mol. The number of nitrogens with one attached hydrogen (secondary N) is 1. The average Bonchev–Trinajstić information content (AvgIpc) is 2.98. The van der Waals surface area contributed by atoms with E-state index in [0.29, 0.717) is 16.1 Å². The third kappa shape index (κ3) is 7.18. The monoisotopic (exact) mass is 453 g/mol. The van der Waals surface area contributed by atoms with Crippen LogP contribution < -0.4 is 10.1 Å². The maximum atomic E-state index is 12.1. The zero-order chi connectivity index (χ0) is 23.0. The molecule has 1 amide bonds. The zero-order valence-corrected chi connectivity index (χ0v) is 17.9. The van der Waals surface area contributed by atoms with E-state index in [2.05, 4.69) is 10.1 Å². The number of carbonyl (C=O) groups excluding carboxylic acids is 3. The van der Waals surface area contributed by atoms with E-state index in [9.17, 15) is 23.2 Å². The molecule has 166 valence electrons. The van der Waals surface area contributed by atoms with Gasteiger partial charge in [-0.3, -0.25) is 4.79 Å². The van der Waals surface area contributed by atoms with Gasteiger partial charge < -0.3 is 19.5 Å². The number of halogens is 2. The Morgan fingerprint density at radius 3 is 2.42 bits per heavy atom. The molecule has 1 aromatic heterocycles. The third-order valence-corrected chi connectivity index (χ3v) is 5.10. The number of benzene rings is 1. The molecule has 1 aromatic carbocycles. The lowest BCUT2D eigenvalue weighted by atomic mass is 10.1. The molecule has 1 heterocycles. The molecule has 0 aliphatic carbocycles. The molecule has 0 saturated carbocycles. The van der Waals surface area contributed by atoms with E-state index in [1.165, 1.54) is 41.7 Å². The lowest BCUT2D eigenvalue weighted by Gasteiger charge is -2.07. The second kappa shape index (κ2) is 11.2. The van der Waals surface area contributed by atoms with Gasteiger partial charge in [-0.15, -0.1) is 11.3 Å². The van der Waals surface area contributed by atoms with E-state index >= 15 is 0 Å². The highest BCUT2D eigenvalue weighted by Crippen LogP contribution is 2.33. The summed E-state index contributed by atoms with van der Waals surface area (Å²) in [6.45, 7) is 1.98. The summed E-state index contributed by atoms with van der Waals surface area (Å²) in [5.41, 5.74) is 1.54. The Labute approximate surface area is 181 Å². The van der Waals surface area contributed by atoms with Crippen LogP contribution in [0.4, 0.5) is 13.8 Å². The van der Waals surface area contributed by atoms with Crippen molar-refractivity contribution < 1.29 is 37.4 Å². The Kier molecular flexibility index (Phi) is 8.68. The van der Waals surface area contributed by atoms with Crippen molar-refractivity contribution in [2.24, 2.45) is 0 Å². The van der Waals surface area contributed by atoms with Crippen molar-refractivity contribution in [1.29, 1.82) is 0 Å². The second-order valence-electron chi connectivity index (χ2n) is 6.14. The summed E-state index contributed by atoms with van der Waals surface area (Å²) in [6.07, 6.45) is 2.50. The number of hydrogen-bond acceptors (Lipinski definition) is 7. The highest BCUT2D eigenvalue weighted by molar-refractivity contribution is 7.16. The van der Waals surface area contributed by atoms with Crippen LogP contribution in [0.5, 0.6) is 5.75 Å². The molecule has 31 heavy (non-hydrogen) atoms. The molecule has 0 aliphatic rings. The number of thiophene rings is 1. The molecule has 2 rings (SSSR count). The van der Waals surface area contributed by atoms with Gasteiger partial charge in [0.25, 0.3) is 5.91 Å². The maximum absolute atomic E-state index is 12.1. The number of aryl methyl sites for hydroxylation is 1. The first-order valence-corrected chi connectivity index (χ1v) is 9.99. The summed E-state index contributed by atoms with van der Waals surface area (Å²) < 4.78 is 38.4. The molecule has 0 bridgehead atoms. The van der Waals surface area contributed by atoms with Gasteiger partial charge in [0.1, 0.15) is 10.8 Å². The predicted octanol–water partition coefficient (Wildman–Crippen LogP) is 4.34. The fraction of sp³-hybridized carbons (Fsp3) is 0.286. The zero-order valence-electron chi connectivity index (χ0n) is 17.1. The molecule has 10 heteroatoms. The summed E-state index contributed by atoms with van der Waals surface area (Å²) in [4.78, 5) is 36.9. The van der Waals surface area contributed by atoms with Crippen molar-refractivity contribution in [2.45, 2.75) is 27.4 Å². The fourth-order valence-electron chi connectivity index (χ4n) is 2.44. The molecular formula is C21H21F2NO6S. The first-order chi connectivity index (χ1) is 14.7. The molecule has 0 atom stereocenters. The van der Waals surface area contributed by atoms with Crippen molar-refractivity contribution >= 4 is 40.3 Å². The van der Waals surface area contributed by atoms with Crippen LogP contribution in [0.3, 0.4) is 0 Å². The van der Waals surface area contributed by atoms with Crippen molar-refractivity contribution in [3.63, 3.8) is 0 Å². The van der Waals surface area contributed by atoms with Gasteiger partial charge in [0.15, 0.2) is 6.61 Å². The van der Waals surface area contributed by atoms with E-state index < -0.39 is 31.1 Å². The van der Waals surface area contributed by atoms with Crippen LogP contribution >= 0.6 is 11.3 Å². The molecule has 7 nitrogen and oxygen atoms in total. The predicted molar refractivity (Wildman–Crippen MR) is 111 cm³/mol. The number of carbonyl (C=O) groups is 3. The van der Waals surface area contributed by atoms with Gasteiger partial charge in [-0.2, -0.15) is 8.78 Å². The van der Waals surface area contributed by atoms with Gasteiger partial charge in [0.2, 0.25) is 0 Å². The largest absolute Gasteiger partial charge is 0.462 e. The van der Waals surface area contributed by atoms with Gasteiger partial charge in [-0.1, -0.05) is 12.1 Å². The molecule has 0 fully saturated rings. The van der Waals surface area contributed by atoms with Gasteiger partial charge in [-0.25, -0.2) is 9.59 Å². The summed E-state index contributed by atoms with van der Waals surface area (Å²) in [5.74, 6) is -1.92. The summed E-state index contributed by atoms with van der Waals surface area (Å²) in [7, 11) is 0. The van der Waals surface area contributed by atoms with Crippen LogP contribution in [0.25, 0.3) is 6.08 Å². The lowest BCUT2D eigenvalue weighted by Crippen LogP contribution is -2.21. The van der Waals surface area contributed by atoms with Crippen molar-refractivity contribution in [3.05, 3.63) is 51.9 Å². The number of esters is 2. The number of amides is 1. The van der Waals surface area contributed by atoms with E-state index in [-0.39, 0.29) is 17.9 Å². The Morgan fingerprint density at radius 2 is 1.81 bits per heavy atom. The van der Waals surface area contributed by atoms with Crippen LogP contribution in [0.1, 0.15) is 33.3 Å². The fourth-order valence-corrected chi connectivity index (χ4v) is 3.50. The number of ether oxygens (including phenoxy) is 3. The van der Waals surface area contributed by atoms with Gasteiger partial charge in [0, 0.05) is 11.0 Å². The van der Waals surface area contributed by atoms with Crippen LogP contribution in [0.15, 0.2) is 30.3 Å². The summed E-state index contributed by atoms with van der Waals surface area (Å²) in [5, 5.41) is 2.89. The minimum atomic E-state index is -2.92. The summed E-state index contributed by atoms with van der Waals surface area (Å²) >= 11 is 1.23. The molecule has 1 N–H and O–H groups in total. The third-order valence-electron chi connectivity index (χ3n) is 3.98. The molecule has 0 aliphatic heterocycles.